The Bertz CT molecular complexity index is 733. The number of aromatic nitrogens is 1. The molecule has 2 N–H and O–H groups in total. The van der Waals surface area contributed by atoms with Crippen LogP contribution in [0, 0.1) is 5.92 Å². The van der Waals surface area contributed by atoms with Crippen LogP contribution in [0.1, 0.15) is 30.0 Å². The highest BCUT2D eigenvalue weighted by Crippen LogP contribution is 2.41. The van der Waals surface area contributed by atoms with Crippen LogP contribution in [0.5, 0.6) is 0 Å². The van der Waals surface area contributed by atoms with Crippen molar-refractivity contribution in [2.24, 2.45) is 5.92 Å². The quantitative estimate of drug-likeness (QED) is 0.800. The number of hydrogen-bond acceptors (Lipinski definition) is 4. The Morgan fingerprint density at radius 1 is 1.12 bits per heavy atom. The third kappa shape index (κ3) is 3.50. The number of likely N-dealkylation sites (tertiary alicyclic amines) is 1. The molecule has 1 aromatic heterocycles. The molecule has 136 valence electrons. The van der Waals surface area contributed by atoms with Gasteiger partial charge in [0.15, 0.2) is 0 Å². The number of pyridine rings is 1. The Morgan fingerprint density at radius 3 is 2.54 bits per heavy atom. The van der Waals surface area contributed by atoms with Gasteiger partial charge in [0, 0.05) is 43.2 Å². The number of carbonyl (C=O) groups is 1. The van der Waals surface area contributed by atoms with Crippen molar-refractivity contribution in [2.45, 2.75) is 37.4 Å². The Morgan fingerprint density at radius 2 is 1.88 bits per heavy atom. The van der Waals surface area contributed by atoms with Gasteiger partial charge in [-0.2, -0.15) is 0 Å². The van der Waals surface area contributed by atoms with Crippen molar-refractivity contribution >= 4 is 5.91 Å². The van der Waals surface area contributed by atoms with Crippen LogP contribution >= 0.6 is 0 Å². The average Bonchev–Trinajstić information content (AvgIpc) is 3.52. The van der Waals surface area contributed by atoms with Gasteiger partial charge in [-0.1, -0.05) is 36.4 Å². The molecular weight excluding hydrogens is 326 g/mol. The van der Waals surface area contributed by atoms with Gasteiger partial charge < -0.3 is 10.4 Å². The lowest BCUT2D eigenvalue weighted by molar-refractivity contribution is -0.123. The van der Waals surface area contributed by atoms with Crippen molar-refractivity contribution in [3.05, 3.63) is 66.0 Å². The first-order chi connectivity index (χ1) is 12.8. The summed E-state index contributed by atoms with van der Waals surface area (Å²) in [5.41, 5.74) is 2.20. The van der Waals surface area contributed by atoms with E-state index in [1.807, 2.05) is 36.4 Å². The van der Waals surface area contributed by atoms with Crippen LogP contribution in [0.4, 0.5) is 0 Å². The van der Waals surface area contributed by atoms with Crippen LogP contribution in [0.2, 0.25) is 0 Å². The molecule has 0 bridgehead atoms. The lowest BCUT2D eigenvalue weighted by atomic mass is 9.75. The number of nitrogens with one attached hydrogen (secondary N) is 1. The lowest BCUT2D eigenvalue weighted by Crippen LogP contribution is -2.66. The van der Waals surface area contributed by atoms with Crippen LogP contribution in [0.25, 0.3) is 0 Å². The zero-order chi connectivity index (χ0) is 17.9. The SMILES string of the molecule is O=C(NC[C@@H]1[C@@H](c2ccccc2)[C@@H](CO)N1Cc1ccccn1)C1CC1. The van der Waals surface area contributed by atoms with Crippen LogP contribution < -0.4 is 5.32 Å². The van der Waals surface area contributed by atoms with E-state index in [0.29, 0.717) is 13.1 Å². The van der Waals surface area contributed by atoms with Gasteiger partial charge in [0.25, 0.3) is 0 Å². The Balaban J connectivity index is 1.52. The third-order valence-corrected chi connectivity index (χ3v) is 5.56. The van der Waals surface area contributed by atoms with Gasteiger partial charge in [0.2, 0.25) is 5.91 Å². The molecule has 0 unspecified atom stereocenters. The fraction of sp³-hybridized carbons (Fsp3) is 0.429. The molecule has 5 heteroatoms. The summed E-state index contributed by atoms with van der Waals surface area (Å²) in [6, 6.07) is 16.4. The number of aliphatic hydroxyl groups excluding tert-OH is 1. The Hall–Kier alpha value is -2.24. The topological polar surface area (TPSA) is 65.5 Å². The molecule has 3 atom stereocenters. The molecule has 1 saturated carbocycles. The first kappa shape index (κ1) is 17.2. The lowest BCUT2D eigenvalue weighted by Gasteiger charge is -2.55. The molecule has 0 radical (unpaired) electrons. The molecule has 2 aromatic rings. The number of amides is 1. The molecule has 2 aliphatic rings. The van der Waals surface area contributed by atoms with Crippen LogP contribution in [0.3, 0.4) is 0 Å². The van der Waals surface area contributed by atoms with Crippen molar-refractivity contribution in [1.82, 2.24) is 15.2 Å². The van der Waals surface area contributed by atoms with E-state index in [1.54, 1.807) is 6.20 Å². The molecular formula is C21H25N3O2. The predicted molar refractivity (Wildman–Crippen MR) is 99.4 cm³/mol. The minimum atomic E-state index is 0.0437. The van der Waals surface area contributed by atoms with E-state index in [4.69, 9.17) is 0 Å². The zero-order valence-corrected chi connectivity index (χ0v) is 14.8. The van der Waals surface area contributed by atoms with Gasteiger partial charge in [-0.15, -0.1) is 0 Å². The molecule has 4 rings (SSSR count). The maximum Gasteiger partial charge on any atom is 0.223 e. The summed E-state index contributed by atoms with van der Waals surface area (Å²) in [5.74, 6) is 0.592. The number of hydrogen-bond donors (Lipinski definition) is 2. The largest absolute Gasteiger partial charge is 0.395 e. The molecule has 2 heterocycles. The first-order valence-corrected chi connectivity index (χ1v) is 9.37. The van der Waals surface area contributed by atoms with Crippen molar-refractivity contribution in [1.29, 1.82) is 0 Å². The second kappa shape index (κ2) is 7.56. The average molecular weight is 351 g/mol. The minimum Gasteiger partial charge on any atom is -0.395 e. The molecule has 1 amide bonds. The summed E-state index contributed by atoms with van der Waals surface area (Å²) in [4.78, 5) is 18.8. The molecule has 5 nitrogen and oxygen atoms in total. The summed E-state index contributed by atoms with van der Waals surface area (Å²) in [6.45, 7) is 1.39. The van der Waals surface area contributed by atoms with E-state index in [9.17, 15) is 9.90 Å². The fourth-order valence-corrected chi connectivity index (χ4v) is 4.00. The smallest absolute Gasteiger partial charge is 0.223 e. The van der Waals surface area contributed by atoms with Crippen molar-refractivity contribution in [3.63, 3.8) is 0 Å². The van der Waals surface area contributed by atoms with Crippen LogP contribution in [-0.2, 0) is 11.3 Å². The van der Waals surface area contributed by atoms with Crippen molar-refractivity contribution in [3.8, 4) is 0 Å². The van der Waals surface area contributed by atoms with E-state index in [1.165, 1.54) is 5.56 Å². The fourth-order valence-electron chi connectivity index (χ4n) is 4.00. The van der Waals surface area contributed by atoms with Crippen molar-refractivity contribution in [2.75, 3.05) is 13.2 Å². The van der Waals surface area contributed by atoms with Gasteiger partial charge in [0.05, 0.1) is 12.3 Å². The normalized spacial score (nSPS) is 25.5. The summed E-state index contributed by atoms with van der Waals surface area (Å²) < 4.78 is 0. The third-order valence-electron chi connectivity index (χ3n) is 5.56. The van der Waals surface area contributed by atoms with Gasteiger partial charge >= 0.3 is 0 Å². The summed E-state index contributed by atoms with van der Waals surface area (Å²) in [6.07, 6.45) is 3.81. The highest BCUT2D eigenvalue weighted by Gasteiger charge is 2.48. The van der Waals surface area contributed by atoms with E-state index < -0.39 is 0 Å². The molecule has 1 aliphatic carbocycles. The summed E-state index contributed by atoms with van der Waals surface area (Å²) in [5, 5.41) is 13.1. The maximum atomic E-state index is 12.1. The number of rotatable bonds is 7. The molecule has 1 saturated heterocycles. The van der Waals surface area contributed by atoms with E-state index >= 15 is 0 Å². The number of benzene rings is 1. The second-order valence-electron chi connectivity index (χ2n) is 7.27. The molecule has 1 aliphatic heterocycles. The number of aliphatic hydroxyl groups is 1. The number of nitrogens with zero attached hydrogens (tertiary/aromatic N) is 2. The monoisotopic (exact) mass is 351 g/mol. The molecule has 2 fully saturated rings. The number of carbonyl (C=O) groups excluding carboxylic acids is 1. The van der Waals surface area contributed by atoms with Crippen LogP contribution in [-0.4, -0.2) is 46.1 Å². The van der Waals surface area contributed by atoms with Gasteiger partial charge in [0.1, 0.15) is 0 Å². The van der Waals surface area contributed by atoms with Gasteiger partial charge in [-0.05, 0) is 30.5 Å². The van der Waals surface area contributed by atoms with Crippen LogP contribution in [0.15, 0.2) is 54.7 Å². The second-order valence-corrected chi connectivity index (χ2v) is 7.27. The Labute approximate surface area is 154 Å². The summed E-state index contributed by atoms with van der Waals surface area (Å²) >= 11 is 0. The standard InChI is InChI=1S/C21H25N3O2/c25-14-19-20(15-6-2-1-3-7-15)18(12-23-21(26)16-9-10-16)24(19)13-17-8-4-5-11-22-17/h1-8,11,16,18-20,25H,9-10,12-14H2,(H,23,26)/t18-,19-,20-/m1/s1. The summed E-state index contributed by atoms with van der Waals surface area (Å²) in [7, 11) is 0. The maximum absolute atomic E-state index is 12.1. The van der Waals surface area contributed by atoms with E-state index in [2.05, 4.69) is 27.3 Å². The van der Waals surface area contributed by atoms with Crippen molar-refractivity contribution < 1.29 is 9.90 Å². The minimum absolute atomic E-state index is 0.0437. The first-order valence-electron chi connectivity index (χ1n) is 9.37. The molecule has 1 aromatic carbocycles. The highest BCUT2D eigenvalue weighted by atomic mass is 16.3. The predicted octanol–water partition coefficient (Wildman–Crippen LogP) is 1.94. The zero-order valence-electron chi connectivity index (χ0n) is 14.8. The van der Waals surface area contributed by atoms with Gasteiger partial charge in [-0.25, -0.2) is 0 Å². The molecule has 26 heavy (non-hydrogen) atoms. The van der Waals surface area contributed by atoms with E-state index in [-0.39, 0.29) is 36.4 Å². The highest BCUT2D eigenvalue weighted by molar-refractivity contribution is 5.80. The molecule has 0 spiro atoms. The Kier molecular flexibility index (Phi) is 5.00. The van der Waals surface area contributed by atoms with E-state index in [0.717, 1.165) is 18.5 Å². The van der Waals surface area contributed by atoms with Gasteiger partial charge in [-0.3, -0.25) is 14.7 Å².